The molecular formula is C53H48N2S5. The molecule has 6 heterocycles. The molecule has 0 unspecified atom stereocenters. The number of hydrogen-bond donors (Lipinski definition) is 0. The lowest BCUT2D eigenvalue weighted by Gasteiger charge is -2.12. The summed E-state index contributed by atoms with van der Waals surface area (Å²) in [6.45, 7) is 4.60. The second-order valence-electron chi connectivity index (χ2n) is 15.8. The van der Waals surface area contributed by atoms with Crippen LogP contribution < -0.4 is 0 Å². The van der Waals surface area contributed by atoms with Crippen molar-refractivity contribution in [3.63, 3.8) is 0 Å². The van der Waals surface area contributed by atoms with Gasteiger partial charge in [-0.1, -0.05) is 131 Å². The molecule has 0 radical (unpaired) electrons. The third-order valence-electron chi connectivity index (χ3n) is 11.7. The molecule has 0 saturated heterocycles. The molecule has 300 valence electrons. The van der Waals surface area contributed by atoms with Crippen LogP contribution in [0.3, 0.4) is 0 Å². The summed E-state index contributed by atoms with van der Waals surface area (Å²) in [5.74, 6) is 1.00. The minimum Gasteiger partial charge on any atom is -0.292 e. The van der Waals surface area contributed by atoms with Crippen molar-refractivity contribution >= 4 is 89.3 Å². The van der Waals surface area contributed by atoms with E-state index in [-0.39, 0.29) is 0 Å². The third kappa shape index (κ3) is 7.54. The van der Waals surface area contributed by atoms with Crippen LogP contribution in [0.15, 0.2) is 132 Å². The number of para-hydroxylation sites is 1. The maximum absolute atomic E-state index is 5.78. The number of aryl methyl sites for hydroxylation is 2. The predicted octanol–water partition coefficient (Wildman–Crippen LogP) is 18.2. The number of rotatable bonds is 16. The number of unbranched alkanes of at least 4 members (excludes halogenated alkanes) is 6. The lowest BCUT2D eigenvalue weighted by molar-refractivity contribution is 0.668. The summed E-state index contributed by atoms with van der Waals surface area (Å²) < 4.78 is 2.46. The quantitative estimate of drug-likeness (QED) is 0.0699. The molecule has 0 aliphatic carbocycles. The first kappa shape index (κ1) is 39.5. The number of thiophene rings is 5. The van der Waals surface area contributed by atoms with Gasteiger partial charge in [-0.3, -0.25) is 4.57 Å². The van der Waals surface area contributed by atoms with Crippen LogP contribution in [0.25, 0.3) is 88.7 Å². The zero-order valence-electron chi connectivity index (χ0n) is 34.2. The average Bonchev–Trinajstić information content (AvgIpc) is 4.15. The van der Waals surface area contributed by atoms with E-state index in [1.54, 1.807) is 0 Å². The Balaban J connectivity index is 1.23. The first-order valence-electron chi connectivity index (χ1n) is 21.6. The summed E-state index contributed by atoms with van der Waals surface area (Å²) in [6.07, 6.45) is 12.3. The molecule has 0 spiro atoms. The Kier molecular flexibility index (Phi) is 11.7. The largest absolute Gasteiger partial charge is 0.292 e. The van der Waals surface area contributed by atoms with Crippen molar-refractivity contribution in [2.24, 2.45) is 0 Å². The SMILES string of the molecule is CCCCCCc1cc(-c2cc(-c3nc4c5ccccc5c5ccccc5c4n3-c3ccccc3)c(-c3cc(CCCCCC)c(-c4cccs4)s3)s2)sc1-c1cccs1. The Morgan fingerprint density at radius 2 is 1.00 bits per heavy atom. The van der Waals surface area contributed by atoms with Gasteiger partial charge < -0.3 is 0 Å². The Bertz CT molecular complexity index is 3010. The van der Waals surface area contributed by atoms with E-state index >= 15 is 0 Å². The number of aromatic nitrogens is 2. The summed E-state index contributed by atoms with van der Waals surface area (Å²) in [7, 11) is 0. The van der Waals surface area contributed by atoms with Gasteiger partial charge in [-0.2, -0.15) is 0 Å². The van der Waals surface area contributed by atoms with Crippen molar-refractivity contribution in [3.8, 4) is 56.1 Å². The molecule has 4 aromatic carbocycles. The van der Waals surface area contributed by atoms with E-state index in [0.29, 0.717) is 0 Å². The zero-order chi connectivity index (χ0) is 40.4. The Morgan fingerprint density at radius 1 is 0.467 bits per heavy atom. The van der Waals surface area contributed by atoms with Crippen LogP contribution in [0.1, 0.15) is 76.3 Å². The Morgan fingerprint density at radius 3 is 1.62 bits per heavy atom. The fourth-order valence-electron chi connectivity index (χ4n) is 8.76. The van der Waals surface area contributed by atoms with Crippen LogP contribution in [0, 0.1) is 0 Å². The number of fused-ring (bicyclic) bond motifs is 6. The van der Waals surface area contributed by atoms with Gasteiger partial charge in [-0.15, -0.1) is 56.7 Å². The molecule has 10 rings (SSSR count). The molecule has 0 N–H and O–H groups in total. The number of imidazole rings is 1. The third-order valence-corrected chi connectivity index (χ3v) is 17.7. The average molecular weight is 873 g/mol. The highest BCUT2D eigenvalue weighted by atomic mass is 32.1. The maximum Gasteiger partial charge on any atom is 0.147 e. The van der Waals surface area contributed by atoms with Gasteiger partial charge in [0.15, 0.2) is 0 Å². The molecule has 0 atom stereocenters. The summed E-state index contributed by atoms with van der Waals surface area (Å²) in [6, 6.07) is 45.2. The van der Waals surface area contributed by atoms with Crippen LogP contribution in [-0.2, 0) is 12.8 Å². The highest BCUT2D eigenvalue weighted by molar-refractivity contribution is 7.30. The van der Waals surface area contributed by atoms with Crippen molar-refractivity contribution in [1.82, 2.24) is 9.55 Å². The molecule has 6 aromatic heterocycles. The van der Waals surface area contributed by atoms with Gasteiger partial charge in [-0.25, -0.2) is 4.98 Å². The highest BCUT2D eigenvalue weighted by Gasteiger charge is 2.27. The van der Waals surface area contributed by atoms with Gasteiger partial charge in [0.05, 0.1) is 15.9 Å². The minimum absolute atomic E-state index is 1.00. The lowest BCUT2D eigenvalue weighted by Crippen LogP contribution is -1.98. The molecule has 2 nitrogen and oxygen atoms in total. The molecular weight excluding hydrogens is 825 g/mol. The second kappa shape index (κ2) is 17.8. The van der Waals surface area contributed by atoms with Gasteiger partial charge in [0.2, 0.25) is 0 Å². The molecule has 0 saturated carbocycles. The van der Waals surface area contributed by atoms with Crippen LogP contribution >= 0.6 is 56.7 Å². The van der Waals surface area contributed by atoms with Crippen molar-refractivity contribution in [3.05, 3.63) is 143 Å². The Hall–Kier alpha value is -4.63. The van der Waals surface area contributed by atoms with E-state index < -0.39 is 0 Å². The van der Waals surface area contributed by atoms with Gasteiger partial charge >= 0.3 is 0 Å². The normalized spacial score (nSPS) is 11.8. The summed E-state index contributed by atoms with van der Waals surface area (Å²) in [4.78, 5) is 16.7. The van der Waals surface area contributed by atoms with Crippen LogP contribution in [-0.4, -0.2) is 9.55 Å². The number of nitrogens with zero attached hydrogens (tertiary/aromatic N) is 2. The highest BCUT2D eigenvalue weighted by Crippen LogP contribution is 2.52. The van der Waals surface area contributed by atoms with Crippen molar-refractivity contribution in [2.75, 3.05) is 0 Å². The van der Waals surface area contributed by atoms with Gasteiger partial charge in [0.1, 0.15) is 5.82 Å². The number of benzene rings is 4. The van der Waals surface area contributed by atoms with E-state index in [2.05, 4.69) is 151 Å². The van der Waals surface area contributed by atoms with Gasteiger partial charge in [0.25, 0.3) is 0 Å². The molecule has 0 amide bonds. The van der Waals surface area contributed by atoms with Crippen LogP contribution in [0.5, 0.6) is 0 Å². The smallest absolute Gasteiger partial charge is 0.147 e. The molecule has 60 heavy (non-hydrogen) atoms. The van der Waals surface area contributed by atoms with Crippen molar-refractivity contribution in [1.29, 1.82) is 0 Å². The van der Waals surface area contributed by atoms with Crippen LogP contribution in [0.2, 0.25) is 0 Å². The van der Waals surface area contributed by atoms with Crippen molar-refractivity contribution < 1.29 is 0 Å². The van der Waals surface area contributed by atoms with Crippen LogP contribution in [0.4, 0.5) is 0 Å². The molecule has 0 aliphatic heterocycles. The standard InChI is InChI=1S/C53H48N2S5/c1-3-5-7-10-20-35-32-45(58-50(35)43-28-18-30-56-43)46-34-42(52(59-46)47-33-36(21-11-8-6-4-2)51(60-47)44-29-19-31-57-44)53-54-48-40-26-16-14-24-38(40)39-25-15-17-27-41(39)49(48)55(53)37-22-12-9-13-23-37/h9,12-19,22-34H,3-8,10-11,20-21H2,1-2H3. The summed E-state index contributed by atoms with van der Waals surface area (Å²) in [5, 5.41) is 9.37. The monoisotopic (exact) mass is 872 g/mol. The lowest BCUT2D eigenvalue weighted by atomic mass is 10.00. The topological polar surface area (TPSA) is 17.8 Å². The van der Waals surface area contributed by atoms with E-state index in [1.165, 1.54) is 129 Å². The molecule has 0 fully saturated rings. The molecule has 10 aromatic rings. The Labute approximate surface area is 373 Å². The molecule has 0 bridgehead atoms. The van der Waals surface area contributed by atoms with Gasteiger partial charge in [0, 0.05) is 56.2 Å². The van der Waals surface area contributed by atoms with Gasteiger partial charge in [-0.05, 0) is 101 Å². The summed E-state index contributed by atoms with van der Waals surface area (Å²) in [5.41, 5.74) is 7.52. The zero-order valence-corrected chi connectivity index (χ0v) is 38.3. The van der Waals surface area contributed by atoms with E-state index in [1.807, 2.05) is 56.7 Å². The molecule has 0 aliphatic rings. The summed E-state index contributed by atoms with van der Waals surface area (Å²) >= 11 is 9.64. The van der Waals surface area contributed by atoms with E-state index in [4.69, 9.17) is 4.98 Å². The van der Waals surface area contributed by atoms with E-state index in [0.717, 1.165) is 35.4 Å². The first-order valence-corrected chi connectivity index (χ1v) is 25.8. The maximum atomic E-state index is 5.78. The number of hydrogen-bond acceptors (Lipinski definition) is 6. The van der Waals surface area contributed by atoms with Crippen molar-refractivity contribution in [2.45, 2.75) is 78.1 Å². The fraction of sp³-hybridized carbons (Fsp3) is 0.226. The first-order chi connectivity index (χ1) is 29.7. The van der Waals surface area contributed by atoms with E-state index in [9.17, 15) is 0 Å². The minimum atomic E-state index is 1.00. The second-order valence-corrected chi connectivity index (χ2v) is 20.8. The fourth-order valence-corrected chi connectivity index (χ4v) is 14.3. The molecule has 7 heteroatoms. The predicted molar refractivity (Wildman–Crippen MR) is 268 cm³/mol.